The van der Waals surface area contributed by atoms with Gasteiger partial charge in [0.1, 0.15) is 0 Å². The van der Waals surface area contributed by atoms with Gasteiger partial charge in [-0.05, 0) is 30.2 Å². The Morgan fingerprint density at radius 3 is 2.56 bits per heavy atom. The number of hydrogen-bond donors (Lipinski definition) is 0. The van der Waals surface area contributed by atoms with Gasteiger partial charge < -0.3 is 14.2 Å². The van der Waals surface area contributed by atoms with Crippen LogP contribution in [0.2, 0.25) is 0 Å². The largest absolute Gasteiger partial charge is 0.380 e. The fourth-order valence-corrected chi connectivity index (χ4v) is 3.96. The van der Waals surface area contributed by atoms with Crippen molar-refractivity contribution in [2.75, 3.05) is 26.3 Å². The lowest BCUT2D eigenvalue weighted by atomic mass is 10.0. The van der Waals surface area contributed by atoms with Crippen LogP contribution in [-0.4, -0.2) is 53.1 Å². The van der Waals surface area contributed by atoms with Crippen molar-refractivity contribution in [3.8, 4) is 11.1 Å². The number of rotatable bonds is 5. The van der Waals surface area contributed by atoms with Crippen LogP contribution in [0.25, 0.3) is 22.2 Å². The number of para-hydroxylation sites is 1. The number of benzene rings is 2. The van der Waals surface area contributed by atoms with Crippen molar-refractivity contribution in [3.63, 3.8) is 0 Å². The van der Waals surface area contributed by atoms with E-state index < -0.39 is 24.7 Å². The lowest BCUT2D eigenvalue weighted by molar-refractivity contribution is 0.00166. The minimum absolute atomic E-state index is 0.102. The molecule has 2 heterocycles. The molecule has 0 saturated carbocycles. The summed E-state index contributed by atoms with van der Waals surface area (Å²) in [4.78, 5) is 18.6. The second-order valence-electron chi connectivity index (χ2n) is 7.83. The van der Waals surface area contributed by atoms with E-state index in [1.54, 1.807) is 41.3 Å². The van der Waals surface area contributed by atoms with E-state index in [0.717, 1.165) is 11.0 Å². The summed E-state index contributed by atoms with van der Waals surface area (Å²) in [6.07, 6.45) is -2.02. The number of halogens is 4. The average Bonchev–Trinajstić information content (AvgIpc) is 2.94. The SMILES string of the molecule is CC(F)(F)c1nc2c(-c3ccc(C(=O)N4CCCOCC4)cc3)cccc2n1CC(F)F. The molecule has 32 heavy (non-hydrogen) atoms. The number of amides is 1. The Hall–Kier alpha value is -2.94. The van der Waals surface area contributed by atoms with Crippen molar-refractivity contribution < 1.29 is 27.1 Å². The first-order chi connectivity index (χ1) is 15.3. The highest BCUT2D eigenvalue weighted by molar-refractivity contribution is 5.96. The van der Waals surface area contributed by atoms with Crippen LogP contribution in [0.1, 0.15) is 29.5 Å². The number of fused-ring (bicyclic) bond motifs is 1. The van der Waals surface area contributed by atoms with Gasteiger partial charge in [-0.3, -0.25) is 4.79 Å². The average molecular weight is 449 g/mol. The molecule has 0 aliphatic carbocycles. The fourth-order valence-electron chi connectivity index (χ4n) is 3.96. The molecule has 1 amide bonds. The molecule has 0 spiro atoms. The monoisotopic (exact) mass is 449 g/mol. The van der Waals surface area contributed by atoms with Gasteiger partial charge in [0.25, 0.3) is 12.3 Å². The lowest BCUT2D eigenvalue weighted by Crippen LogP contribution is -2.33. The van der Waals surface area contributed by atoms with Crippen LogP contribution in [-0.2, 0) is 17.2 Å². The first-order valence-corrected chi connectivity index (χ1v) is 10.4. The van der Waals surface area contributed by atoms with E-state index in [1.807, 2.05) is 0 Å². The summed E-state index contributed by atoms with van der Waals surface area (Å²) in [5.41, 5.74) is 2.12. The zero-order chi connectivity index (χ0) is 22.9. The topological polar surface area (TPSA) is 47.4 Å². The Morgan fingerprint density at radius 1 is 1.12 bits per heavy atom. The number of carbonyl (C=O) groups excluding carboxylic acids is 1. The summed E-state index contributed by atoms with van der Waals surface area (Å²) in [5.74, 6) is -4.18. The molecular formula is C23H23F4N3O2. The predicted octanol–water partition coefficient (Wildman–Crippen LogP) is 4.94. The second kappa shape index (κ2) is 8.90. The number of hydrogen-bond acceptors (Lipinski definition) is 3. The molecule has 1 fully saturated rings. The molecule has 9 heteroatoms. The van der Waals surface area contributed by atoms with E-state index in [4.69, 9.17) is 4.74 Å². The molecule has 0 radical (unpaired) electrons. The zero-order valence-corrected chi connectivity index (χ0v) is 17.5. The number of alkyl halides is 4. The summed E-state index contributed by atoms with van der Waals surface area (Å²) in [6.45, 7) is 2.04. The highest BCUT2D eigenvalue weighted by Crippen LogP contribution is 2.34. The molecule has 170 valence electrons. The van der Waals surface area contributed by atoms with E-state index in [1.165, 1.54) is 6.07 Å². The Labute approximate surface area is 182 Å². The van der Waals surface area contributed by atoms with E-state index in [0.29, 0.717) is 49.9 Å². The third-order valence-electron chi connectivity index (χ3n) is 5.44. The van der Waals surface area contributed by atoms with Gasteiger partial charge >= 0.3 is 5.92 Å². The van der Waals surface area contributed by atoms with Crippen molar-refractivity contribution in [1.82, 2.24) is 14.5 Å². The van der Waals surface area contributed by atoms with Gasteiger partial charge in [-0.2, -0.15) is 8.78 Å². The van der Waals surface area contributed by atoms with Gasteiger partial charge in [-0.25, -0.2) is 13.8 Å². The molecular weight excluding hydrogens is 426 g/mol. The van der Waals surface area contributed by atoms with Crippen molar-refractivity contribution in [2.24, 2.45) is 0 Å². The van der Waals surface area contributed by atoms with Crippen LogP contribution in [0.3, 0.4) is 0 Å². The third-order valence-corrected chi connectivity index (χ3v) is 5.44. The predicted molar refractivity (Wildman–Crippen MR) is 112 cm³/mol. The van der Waals surface area contributed by atoms with Crippen molar-refractivity contribution in [3.05, 3.63) is 53.9 Å². The fraction of sp³-hybridized carbons (Fsp3) is 0.391. The maximum atomic E-state index is 14.1. The van der Waals surface area contributed by atoms with Gasteiger partial charge in [-0.15, -0.1) is 0 Å². The molecule has 1 aliphatic heterocycles. The normalized spacial score (nSPS) is 15.4. The molecule has 0 atom stereocenters. The van der Waals surface area contributed by atoms with Crippen LogP contribution >= 0.6 is 0 Å². The summed E-state index contributed by atoms with van der Waals surface area (Å²) in [6, 6.07) is 11.6. The van der Waals surface area contributed by atoms with Crippen LogP contribution in [0.15, 0.2) is 42.5 Å². The third kappa shape index (κ3) is 4.48. The van der Waals surface area contributed by atoms with Crippen molar-refractivity contribution in [1.29, 1.82) is 0 Å². The summed E-state index contributed by atoms with van der Waals surface area (Å²) in [5, 5.41) is 0. The maximum Gasteiger partial charge on any atom is 0.302 e. The number of aromatic nitrogens is 2. The van der Waals surface area contributed by atoms with Gasteiger partial charge in [0.2, 0.25) is 0 Å². The van der Waals surface area contributed by atoms with Crippen LogP contribution < -0.4 is 0 Å². The van der Waals surface area contributed by atoms with E-state index in [2.05, 4.69) is 4.98 Å². The lowest BCUT2D eigenvalue weighted by Gasteiger charge is -2.19. The smallest absolute Gasteiger partial charge is 0.302 e. The molecule has 0 unspecified atom stereocenters. The first kappa shape index (κ1) is 22.3. The van der Waals surface area contributed by atoms with Crippen LogP contribution in [0.5, 0.6) is 0 Å². The van der Waals surface area contributed by atoms with Crippen LogP contribution in [0.4, 0.5) is 17.6 Å². The van der Waals surface area contributed by atoms with Crippen molar-refractivity contribution in [2.45, 2.75) is 32.2 Å². The molecule has 1 aliphatic rings. The number of ether oxygens (including phenoxy) is 1. The Balaban J connectivity index is 1.70. The van der Waals surface area contributed by atoms with Gasteiger partial charge in [0, 0.05) is 37.7 Å². The molecule has 2 aromatic carbocycles. The first-order valence-electron chi connectivity index (χ1n) is 10.4. The minimum atomic E-state index is -3.38. The standard InChI is InChI=1S/C23H23F4N3O2/c1-23(26,27)22-28-20-17(4-2-5-18(20)30(22)14-19(24)25)15-6-8-16(9-7-15)21(31)29-10-3-12-32-13-11-29/h2,4-9,19H,3,10-14H2,1H3. The summed E-state index contributed by atoms with van der Waals surface area (Å²) < 4.78 is 60.6. The maximum absolute atomic E-state index is 14.1. The Bertz CT molecular complexity index is 1100. The number of nitrogens with zero attached hydrogens (tertiary/aromatic N) is 3. The Kier molecular flexibility index (Phi) is 6.19. The molecule has 5 nitrogen and oxygen atoms in total. The number of imidazole rings is 1. The van der Waals surface area contributed by atoms with Crippen molar-refractivity contribution >= 4 is 16.9 Å². The van der Waals surface area contributed by atoms with Gasteiger partial charge in [0.15, 0.2) is 5.82 Å². The number of carbonyl (C=O) groups is 1. The molecule has 1 saturated heterocycles. The van der Waals surface area contributed by atoms with Gasteiger partial charge in [0.05, 0.1) is 24.2 Å². The summed E-state index contributed by atoms with van der Waals surface area (Å²) in [7, 11) is 0. The minimum Gasteiger partial charge on any atom is -0.380 e. The molecule has 1 aromatic heterocycles. The molecule has 3 aromatic rings. The summed E-state index contributed by atoms with van der Waals surface area (Å²) >= 11 is 0. The van der Waals surface area contributed by atoms with E-state index >= 15 is 0 Å². The van der Waals surface area contributed by atoms with Gasteiger partial charge in [-0.1, -0.05) is 24.3 Å². The van der Waals surface area contributed by atoms with Crippen LogP contribution in [0, 0.1) is 0 Å². The molecule has 0 bridgehead atoms. The quantitative estimate of drug-likeness (QED) is 0.519. The highest BCUT2D eigenvalue weighted by Gasteiger charge is 2.33. The van der Waals surface area contributed by atoms with E-state index in [9.17, 15) is 22.4 Å². The van der Waals surface area contributed by atoms with E-state index in [-0.39, 0.29) is 16.9 Å². The highest BCUT2D eigenvalue weighted by atomic mass is 19.3. The second-order valence-corrected chi connectivity index (χ2v) is 7.83. The molecule has 0 N–H and O–H groups in total. The Morgan fingerprint density at radius 2 is 1.88 bits per heavy atom. The molecule has 4 rings (SSSR count). The zero-order valence-electron chi connectivity index (χ0n) is 17.5.